The van der Waals surface area contributed by atoms with Crippen LogP contribution in [0.15, 0.2) is 96.1 Å². The molecule has 32 heavy (non-hydrogen) atoms. The van der Waals surface area contributed by atoms with Crippen molar-refractivity contribution in [2.75, 3.05) is 0 Å². The molecule has 0 bridgehead atoms. The molecule has 162 valence electrons. The number of phenolic OH excluding ortho intramolecular Hbond substituents is 1. The zero-order chi connectivity index (χ0) is 22.5. The summed E-state index contributed by atoms with van der Waals surface area (Å²) < 4.78 is 44.0. The normalized spacial score (nSPS) is 10.8. The summed E-state index contributed by atoms with van der Waals surface area (Å²) >= 11 is 9.61. The molecule has 0 atom stereocenters. The van der Waals surface area contributed by atoms with Crippen LogP contribution in [-0.2, 0) is 18.1 Å². The standard InChI is InChI=1S/C12H9ClO2S3.C6H5ClO3S2.2Na/c13-18(14,15)10-6-7-11(16)12(8-10)17-9-4-2-1-3-5-9;7-12(9,10)4-1-2-6(11)5(8)3-4;;/h1-8,16H;1-3,8,11H;;. The van der Waals surface area contributed by atoms with E-state index >= 15 is 0 Å². The Balaban J connectivity index is 0.000000607. The Morgan fingerprint density at radius 1 is 0.719 bits per heavy atom. The van der Waals surface area contributed by atoms with E-state index in [9.17, 15) is 16.8 Å². The van der Waals surface area contributed by atoms with Crippen molar-refractivity contribution in [3.05, 3.63) is 66.7 Å². The molecule has 0 aliphatic rings. The second kappa shape index (κ2) is 14.5. The first kappa shape index (κ1) is 33.0. The van der Waals surface area contributed by atoms with E-state index < -0.39 is 18.1 Å². The van der Waals surface area contributed by atoms with Crippen LogP contribution in [0.4, 0.5) is 0 Å². The van der Waals surface area contributed by atoms with Crippen LogP contribution >= 0.6 is 58.4 Å². The average molecular weight is 588 g/mol. The molecule has 3 aromatic rings. The van der Waals surface area contributed by atoms with Gasteiger partial charge in [-0.05, 0) is 42.5 Å². The number of halogens is 2. The summed E-state index contributed by atoms with van der Waals surface area (Å²) in [6.45, 7) is 0. The monoisotopic (exact) mass is 586 g/mol. The molecular formula is C18H14Cl2Na2O5S5. The van der Waals surface area contributed by atoms with Gasteiger partial charge in [-0.2, -0.15) is 0 Å². The van der Waals surface area contributed by atoms with Gasteiger partial charge in [-0.3, -0.25) is 0 Å². The van der Waals surface area contributed by atoms with Crippen molar-refractivity contribution >= 4 is 136 Å². The van der Waals surface area contributed by atoms with Gasteiger partial charge >= 0.3 is 0 Å². The van der Waals surface area contributed by atoms with Crippen LogP contribution in [0.3, 0.4) is 0 Å². The van der Waals surface area contributed by atoms with Gasteiger partial charge in [-0.25, -0.2) is 16.8 Å². The second-order valence-corrected chi connectivity index (χ2v) is 12.8. The van der Waals surface area contributed by atoms with Crippen LogP contribution in [0, 0.1) is 0 Å². The first-order chi connectivity index (χ1) is 13.9. The zero-order valence-electron chi connectivity index (χ0n) is 16.8. The molecule has 14 heteroatoms. The maximum Gasteiger partial charge on any atom is 0.261 e. The largest absolute Gasteiger partial charge is 0.507 e. The molecular weight excluding hydrogens is 573 g/mol. The van der Waals surface area contributed by atoms with Gasteiger partial charge in [-0.15, -0.1) is 25.3 Å². The first-order valence-electron chi connectivity index (χ1n) is 7.85. The molecule has 3 aromatic carbocycles. The van der Waals surface area contributed by atoms with E-state index in [2.05, 4.69) is 25.3 Å². The molecule has 0 spiro atoms. The SMILES string of the molecule is O=S(=O)(Cl)c1ccc(S)c(O)c1.O=S(=O)(Cl)c1ccc(S)c(Sc2ccccc2)c1.[Na].[Na]. The molecule has 2 radical (unpaired) electrons. The van der Waals surface area contributed by atoms with Crippen molar-refractivity contribution < 1.29 is 21.9 Å². The van der Waals surface area contributed by atoms with Crippen molar-refractivity contribution in [1.82, 2.24) is 0 Å². The first-order valence-corrected chi connectivity index (χ1v) is 14.2. The van der Waals surface area contributed by atoms with Crippen LogP contribution in [0.25, 0.3) is 0 Å². The van der Waals surface area contributed by atoms with Gasteiger partial charge in [-0.1, -0.05) is 30.0 Å². The predicted octanol–water partition coefficient (Wildman–Crippen LogP) is 4.90. The number of hydrogen-bond acceptors (Lipinski definition) is 8. The molecule has 0 saturated carbocycles. The number of hydrogen-bond donors (Lipinski definition) is 3. The van der Waals surface area contributed by atoms with Crippen molar-refractivity contribution in [2.24, 2.45) is 0 Å². The van der Waals surface area contributed by atoms with Gasteiger partial charge in [0.2, 0.25) is 0 Å². The van der Waals surface area contributed by atoms with Crippen LogP contribution < -0.4 is 0 Å². The maximum atomic E-state index is 11.3. The quantitative estimate of drug-likeness (QED) is 0.229. The Labute approximate surface area is 255 Å². The van der Waals surface area contributed by atoms with Crippen molar-refractivity contribution in [3.8, 4) is 5.75 Å². The minimum Gasteiger partial charge on any atom is -0.507 e. The Morgan fingerprint density at radius 2 is 1.19 bits per heavy atom. The molecule has 5 nitrogen and oxygen atoms in total. The fourth-order valence-corrected chi connectivity index (χ4v) is 4.94. The molecule has 3 rings (SSSR count). The molecule has 0 heterocycles. The van der Waals surface area contributed by atoms with Gasteiger partial charge in [0.25, 0.3) is 18.1 Å². The second-order valence-electron chi connectivity index (χ2n) is 5.57. The van der Waals surface area contributed by atoms with E-state index in [-0.39, 0.29) is 74.7 Å². The van der Waals surface area contributed by atoms with Crippen molar-refractivity contribution in [2.45, 2.75) is 29.4 Å². The Morgan fingerprint density at radius 3 is 1.66 bits per heavy atom. The molecule has 0 aliphatic heterocycles. The van der Waals surface area contributed by atoms with Crippen molar-refractivity contribution in [3.63, 3.8) is 0 Å². The smallest absolute Gasteiger partial charge is 0.261 e. The molecule has 0 unspecified atom stereocenters. The van der Waals surface area contributed by atoms with Crippen LogP contribution in [-0.4, -0.2) is 81.1 Å². The van der Waals surface area contributed by atoms with Gasteiger partial charge < -0.3 is 5.11 Å². The molecule has 0 aliphatic carbocycles. The Kier molecular flexibility index (Phi) is 15.0. The van der Waals surface area contributed by atoms with E-state index in [1.165, 1.54) is 36.0 Å². The molecule has 1 N–H and O–H groups in total. The molecule has 0 fully saturated rings. The van der Waals surface area contributed by atoms with Crippen LogP contribution in [0.2, 0.25) is 0 Å². The topological polar surface area (TPSA) is 88.5 Å². The number of phenols is 1. The summed E-state index contributed by atoms with van der Waals surface area (Å²) in [6.07, 6.45) is 0. The van der Waals surface area contributed by atoms with Gasteiger partial charge in [0.1, 0.15) is 5.75 Å². The number of aromatic hydroxyl groups is 1. The van der Waals surface area contributed by atoms with E-state index in [1.54, 1.807) is 6.07 Å². The maximum absolute atomic E-state index is 11.3. The van der Waals surface area contributed by atoms with Crippen LogP contribution in [0.5, 0.6) is 5.75 Å². The van der Waals surface area contributed by atoms with E-state index in [0.717, 1.165) is 15.9 Å². The van der Waals surface area contributed by atoms with Gasteiger partial charge in [0.05, 0.1) is 9.79 Å². The molecule has 0 saturated heterocycles. The number of benzene rings is 3. The fourth-order valence-electron chi connectivity index (χ4n) is 2.00. The summed E-state index contributed by atoms with van der Waals surface area (Å²) in [4.78, 5) is 2.73. The molecule has 0 amide bonds. The van der Waals surface area contributed by atoms with Gasteiger partial charge in [0, 0.05) is 106 Å². The van der Waals surface area contributed by atoms with E-state index in [4.69, 9.17) is 26.5 Å². The Bertz CT molecular complexity index is 1260. The summed E-state index contributed by atoms with van der Waals surface area (Å²) in [6, 6.07) is 17.9. The van der Waals surface area contributed by atoms with Crippen LogP contribution in [0.1, 0.15) is 0 Å². The van der Waals surface area contributed by atoms with E-state index in [0.29, 0.717) is 9.79 Å². The minimum atomic E-state index is -3.76. The molecule has 0 aromatic heterocycles. The average Bonchev–Trinajstić information content (AvgIpc) is 2.65. The number of thiol groups is 2. The number of rotatable bonds is 4. The van der Waals surface area contributed by atoms with E-state index in [1.807, 2.05) is 30.3 Å². The fraction of sp³-hybridized carbons (Fsp3) is 0. The summed E-state index contributed by atoms with van der Waals surface area (Å²) in [5.41, 5.74) is 0. The summed E-state index contributed by atoms with van der Waals surface area (Å²) in [5.74, 6) is -0.208. The van der Waals surface area contributed by atoms with Gasteiger partial charge in [0.15, 0.2) is 0 Å². The Hall–Kier alpha value is 0.990. The van der Waals surface area contributed by atoms with Crippen molar-refractivity contribution in [1.29, 1.82) is 0 Å². The summed E-state index contributed by atoms with van der Waals surface area (Å²) in [5, 5.41) is 9.06. The third-order valence-electron chi connectivity index (χ3n) is 3.41. The third-order valence-corrected chi connectivity index (χ3v) is 8.10. The minimum absolute atomic E-state index is 0. The third kappa shape index (κ3) is 10.7. The predicted molar refractivity (Wildman–Crippen MR) is 137 cm³/mol. The summed E-state index contributed by atoms with van der Waals surface area (Å²) in [7, 11) is 2.87. The zero-order valence-corrected chi connectivity index (χ0v) is 26.6.